The Morgan fingerprint density at radius 3 is 2.55 bits per heavy atom. The number of aromatic nitrogens is 1. The van der Waals surface area contributed by atoms with Crippen LogP contribution < -0.4 is 5.32 Å². The minimum Gasteiger partial charge on any atom is -0.374 e. The second-order valence-corrected chi connectivity index (χ2v) is 9.12. The second-order valence-electron chi connectivity index (χ2n) is 8.72. The maximum Gasteiger partial charge on any atom is 0.256 e. The molecule has 0 bridgehead atoms. The molecule has 0 radical (unpaired) electrons. The molecule has 1 unspecified atom stereocenters. The van der Waals surface area contributed by atoms with E-state index in [0.717, 1.165) is 65.4 Å². The quantitative estimate of drug-likeness (QED) is 0.503. The zero-order valence-corrected chi connectivity index (χ0v) is 19.5. The van der Waals surface area contributed by atoms with Crippen molar-refractivity contribution in [1.29, 1.82) is 0 Å². The predicted octanol–water partition coefficient (Wildman–Crippen LogP) is 4.37. The third-order valence-electron chi connectivity index (χ3n) is 6.66. The number of aliphatic hydroxyl groups is 1. The fourth-order valence-electron chi connectivity index (χ4n) is 4.64. The molecule has 0 saturated carbocycles. The monoisotopic (exact) mass is 462 g/mol. The molecule has 0 spiro atoms. The number of carbonyl (C=O) groups excluding carboxylic acids is 1. The average Bonchev–Trinajstić information content (AvgIpc) is 3.33. The predicted molar refractivity (Wildman–Crippen MR) is 133 cm³/mol. The van der Waals surface area contributed by atoms with Crippen LogP contribution >= 0.6 is 11.6 Å². The number of fused-ring (bicyclic) bond motifs is 1. The van der Waals surface area contributed by atoms with Crippen molar-refractivity contribution < 1.29 is 9.90 Å². The van der Waals surface area contributed by atoms with Crippen LogP contribution in [0.4, 0.5) is 5.69 Å². The summed E-state index contributed by atoms with van der Waals surface area (Å²) in [7, 11) is 2.09. The number of aromatic amines is 1. The van der Waals surface area contributed by atoms with E-state index < -0.39 is 6.23 Å². The third kappa shape index (κ3) is 4.00. The number of piperazine rings is 1. The molecule has 3 N–H and O–H groups in total. The molecule has 1 aromatic heterocycles. The lowest BCUT2D eigenvalue weighted by Gasteiger charge is -2.35. The fourth-order valence-corrected chi connectivity index (χ4v) is 4.88. The number of amides is 1. The van der Waals surface area contributed by atoms with E-state index in [-0.39, 0.29) is 5.91 Å². The number of benzene rings is 2. The van der Waals surface area contributed by atoms with Crippen LogP contribution in [-0.4, -0.2) is 59.0 Å². The molecule has 1 fully saturated rings. The Hall–Kier alpha value is -2.90. The molecular weight excluding hydrogens is 436 g/mol. The van der Waals surface area contributed by atoms with Gasteiger partial charge in [-0.25, -0.2) is 0 Å². The number of nitrogens with one attached hydrogen (secondary N) is 2. The van der Waals surface area contributed by atoms with Crippen LogP contribution in [0, 0.1) is 6.92 Å². The van der Waals surface area contributed by atoms with E-state index in [2.05, 4.69) is 27.1 Å². The minimum absolute atomic E-state index is 0.153. The smallest absolute Gasteiger partial charge is 0.256 e. The molecule has 3 heterocycles. The van der Waals surface area contributed by atoms with Crippen molar-refractivity contribution in [3.05, 3.63) is 76.1 Å². The highest BCUT2D eigenvalue weighted by Gasteiger charge is 2.29. The lowest BCUT2D eigenvalue weighted by molar-refractivity contribution is -0.110. The van der Waals surface area contributed by atoms with Crippen LogP contribution in [0.5, 0.6) is 0 Å². The average molecular weight is 463 g/mol. The first-order chi connectivity index (χ1) is 15.9. The van der Waals surface area contributed by atoms with Gasteiger partial charge in [0.15, 0.2) is 0 Å². The largest absolute Gasteiger partial charge is 0.374 e. The topological polar surface area (TPSA) is 71.6 Å². The van der Waals surface area contributed by atoms with Crippen LogP contribution in [0.1, 0.15) is 28.6 Å². The number of rotatable bonds is 4. The highest BCUT2D eigenvalue weighted by Crippen LogP contribution is 2.42. The standard InChI is InChI=1S/C26H27ClN4O2/c1-16-20(26(33)31-12-10-30(2)11-13-31)15-28-23(16)14-19-24-18(17-6-3-4-8-21(17)27)7-5-9-22(24)29-25(19)32/h3-9,14-15,26,28,33H,10-13H2,1-2H3,(H,29,32)/b19-14-. The molecule has 5 rings (SSSR count). The Labute approximate surface area is 198 Å². The van der Waals surface area contributed by atoms with Crippen molar-refractivity contribution in [2.45, 2.75) is 13.2 Å². The first-order valence-corrected chi connectivity index (χ1v) is 11.5. The number of anilines is 1. The van der Waals surface area contributed by atoms with Crippen molar-refractivity contribution in [1.82, 2.24) is 14.8 Å². The number of aliphatic hydroxyl groups excluding tert-OH is 1. The van der Waals surface area contributed by atoms with Crippen molar-refractivity contribution in [2.75, 3.05) is 38.5 Å². The van der Waals surface area contributed by atoms with Crippen molar-refractivity contribution in [3.8, 4) is 11.1 Å². The van der Waals surface area contributed by atoms with E-state index in [4.69, 9.17) is 11.6 Å². The van der Waals surface area contributed by atoms with Gasteiger partial charge >= 0.3 is 0 Å². The summed E-state index contributed by atoms with van der Waals surface area (Å²) >= 11 is 6.48. The first-order valence-electron chi connectivity index (χ1n) is 11.1. The molecule has 1 atom stereocenters. The summed E-state index contributed by atoms with van der Waals surface area (Å²) in [6, 6.07) is 13.5. The summed E-state index contributed by atoms with van der Waals surface area (Å²) in [6.45, 7) is 5.47. The second kappa shape index (κ2) is 8.80. The Bertz CT molecular complexity index is 1240. The maximum absolute atomic E-state index is 12.9. The van der Waals surface area contributed by atoms with Crippen LogP contribution in [0.3, 0.4) is 0 Å². The van der Waals surface area contributed by atoms with Crippen molar-refractivity contribution in [2.24, 2.45) is 0 Å². The third-order valence-corrected chi connectivity index (χ3v) is 6.99. The van der Waals surface area contributed by atoms with Gasteiger partial charge < -0.3 is 20.3 Å². The maximum atomic E-state index is 12.9. The van der Waals surface area contributed by atoms with E-state index in [1.807, 2.05) is 61.7 Å². The first kappa shape index (κ1) is 21.9. The number of carbonyl (C=O) groups is 1. The molecule has 2 aromatic carbocycles. The highest BCUT2D eigenvalue weighted by molar-refractivity contribution is 6.37. The van der Waals surface area contributed by atoms with Gasteiger partial charge in [-0.05, 0) is 43.3 Å². The molecule has 2 aliphatic heterocycles. The summed E-state index contributed by atoms with van der Waals surface area (Å²) in [4.78, 5) is 20.6. The zero-order valence-electron chi connectivity index (χ0n) is 18.7. The molecule has 2 aliphatic rings. The van der Waals surface area contributed by atoms with Crippen LogP contribution in [-0.2, 0) is 4.79 Å². The van der Waals surface area contributed by atoms with Gasteiger partial charge in [0.2, 0.25) is 0 Å². The summed E-state index contributed by atoms with van der Waals surface area (Å²) in [5, 5.41) is 14.6. The van der Waals surface area contributed by atoms with E-state index in [0.29, 0.717) is 10.6 Å². The van der Waals surface area contributed by atoms with Crippen molar-refractivity contribution >= 4 is 34.8 Å². The Morgan fingerprint density at radius 2 is 1.79 bits per heavy atom. The lowest BCUT2D eigenvalue weighted by Crippen LogP contribution is -2.45. The number of H-pyrrole nitrogens is 1. The summed E-state index contributed by atoms with van der Waals surface area (Å²) < 4.78 is 0. The number of hydrogen-bond donors (Lipinski definition) is 3. The molecule has 1 amide bonds. The lowest BCUT2D eigenvalue weighted by atomic mass is 9.94. The van der Waals surface area contributed by atoms with Gasteiger partial charge in [-0.1, -0.05) is 41.9 Å². The zero-order chi connectivity index (χ0) is 23.1. The number of hydrogen-bond acceptors (Lipinski definition) is 4. The van der Waals surface area contributed by atoms with Gasteiger partial charge in [0.1, 0.15) is 6.23 Å². The molecule has 7 heteroatoms. The van der Waals surface area contributed by atoms with E-state index in [1.54, 1.807) is 0 Å². The van der Waals surface area contributed by atoms with E-state index in [9.17, 15) is 9.90 Å². The highest BCUT2D eigenvalue weighted by atomic mass is 35.5. The molecule has 170 valence electrons. The van der Waals surface area contributed by atoms with Gasteiger partial charge in [0.25, 0.3) is 5.91 Å². The molecule has 6 nitrogen and oxygen atoms in total. The summed E-state index contributed by atoms with van der Waals surface area (Å²) in [5.41, 5.74) is 6.56. The van der Waals surface area contributed by atoms with Crippen LogP contribution in [0.2, 0.25) is 5.02 Å². The van der Waals surface area contributed by atoms with Gasteiger partial charge in [-0.15, -0.1) is 0 Å². The van der Waals surface area contributed by atoms with Gasteiger partial charge in [-0.3, -0.25) is 9.69 Å². The molecule has 1 saturated heterocycles. The molecule has 0 aliphatic carbocycles. The van der Waals surface area contributed by atoms with Gasteiger partial charge in [0, 0.05) is 65.5 Å². The molecular formula is C26H27ClN4O2. The SMILES string of the molecule is Cc1c(C(O)N2CCN(C)CC2)c[nH]c1/C=C1\C(=O)Nc2cccc(-c3ccccc3Cl)c21. The summed E-state index contributed by atoms with van der Waals surface area (Å²) in [6.07, 6.45) is 3.04. The Balaban J connectivity index is 1.52. The van der Waals surface area contributed by atoms with Crippen molar-refractivity contribution in [3.63, 3.8) is 0 Å². The number of halogens is 1. The summed E-state index contributed by atoms with van der Waals surface area (Å²) in [5.74, 6) is -0.153. The molecule has 33 heavy (non-hydrogen) atoms. The van der Waals surface area contributed by atoms with Crippen LogP contribution in [0.15, 0.2) is 48.7 Å². The fraction of sp³-hybridized carbons (Fsp3) is 0.269. The molecule has 3 aromatic rings. The Kier molecular flexibility index (Phi) is 5.85. The minimum atomic E-state index is -0.675. The van der Waals surface area contributed by atoms with E-state index in [1.165, 1.54) is 0 Å². The normalized spacial score (nSPS) is 19.0. The number of nitrogens with zero attached hydrogens (tertiary/aromatic N) is 2. The Morgan fingerprint density at radius 1 is 1.06 bits per heavy atom. The van der Waals surface area contributed by atoms with Gasteiger partial charge in [0.05, 0.1) is 5.57 Å². The van der Waals surface area contributed by atoms with E-state index >= 15 is 0 Å². The van der Waals surface area contributed by atoms with Gasteiger partial charge in [-0.2, -0.15) is 0 Å². The number of likely N-dealkylation sites (N-methyl/N-ethyl adjacent to an activating group) is 1. The van der Waals surface area contributed by atoms with Crippen LogP contribution in [0.25, 0.3) is 22.8 Å².